The van der Waals surface area contributed by atoms with Crippen LogP contribution in [0.15, 0.2) is 59.7 Å². The van der Waals surface area contributed by atoms with Crippen LogP contribution in [0.25, 0.3) is 0 Å². The minimum atomic E-state index is -0.707. The molecule has 0 saturated heterocycles. The van der Waals surface area contributed by atoms with Crippen LogP contribution in [0.1, 0.15) is 5.56 Å². The number of amides is 2. The monoisotopic (exact) mass is 299 g/mol. The summed E-state index contributed by atoms with van der Waals surface area (Å²) in [7, 11) is 0. The molecule has 2 aromatic carbocycles. The molecular formula is C16H17N3O3. The molecule has 0 spiro atoms. The molecule has 3 N–H and O–H groups in total. The Morgan fingerprint density at radius 2 is 1.73 bits per heavy atom. The maximum Gasteiger partial charge on any atom is 0.332 e. The highest BCUT2D eigenvalue weighted by molar-refractivity contribution is 5.81. The first-order valence-electron chi connectivity index (χ1n) is 6.73. The molecule has 6 heteroatoms. The van der Waals surface area contributed by atoms with Crippen LogP contribution in [-0.2, 0) is 0 Å². The predicted molar refractivity (Wildman–Crippen MR) is 84.2 cm³/mol. The molecule has 0 bridgehead atoms. The van der Waals surface area contributed by atoms with E-state index < -0.39 is 6.03 Å². The lowest BCUT2D eigenvalue weighted by Crippen LogP contribution is -2.24. The Labute approximate surface area is 128 Å². The highest BCUT2D eigenvalue weighted by Crippen LogP contribution is 2.12. The van der Waals surface area contributed by atoms with Crippen LogP contribution in [-0.4, -0.2) is 25.5 Å². The maximum absolute atomic E-state index is 10.5. The van der Waals surface area contributed by atoms with Crippen LogP contribution in [0.3, 0.4) is 0 Å². The number of hydrogen-bond donors (Lipinski definition) is 2. The molecule has 0 heterocycles. The Hall–Kier alpha value is -3.02. The Morgan fingerprint density at radius 1 is 1.05 bits per heavy atom. The number of carbonyl (C=O) groups is 1. The first-order valence-corrected chi connectivity index (χ1v) is 6.73. The second-order valence-corrected chi connectivity index (χ2v) is 4.32. The molecule has 114 valence electrons. The van der Waals surface area contributed by atoms with Gasteiger partial charge in [-0.25, -0.2) is 10.2 Å². The lowest BCUT2D eigenvalue weighted by atomic mass is 10.2. The fraction of sp³-hybridized carbons (Fsp3) is 0.125. The summed E-state index contributed by atoms with van der Waals surface area (Å²) in [6, 6.07) is 16.1. The second-order valence-electron chi connectivity index (χ2n) is 4.32. The van der Waals surface area contributed by atoms with Crippen molar-refractivity contribution in [3.63, 3.8) is 0 Å². The van der Waals surface area contributed by atoms with Crippen LogP contribution in [0.2, 0.25) is 0 Å². The van der Waals surface area contributed by atoms with Gasteiger partial charge in [0.2, 0.25) is 0 Å². The highest BCUT2D eigenvalue weighted by atomic mass is 16.5. The third kappa shape index (κ3) is 5.54. The molecule has 0 saturated carbocycles. The van der Waals surface area contributed by atoms with Gasteiger partial charge in [0, 0.05) is 0 Å². The summed E-state index contributed by atoms with van der Waals surface area (Å²) >= 11 is 0. The average Bonchev–Trinajstić information content (AvgIpc) is 2.53. The standard InChI is InChI=1S/C16H17N3O3/c17-16(20)19-18-12-13-5-4-8-15(11-13)22-10-9-21-14-6-2-1-3-7-14/h1-8,11-12H,9-10H2,(H3,17,19,20)/b18-12+. The summed E-state index contributed by atoms with van der Waals surface area (Å²) in [6.45, 7) is 0.876. The Kier molecular flexibility index (Phi) is 5.80. The van der Waals surface area contributed by atoms with Crippen LogP contribution in [0.5, 0.6) is 11.5 Å². The molecule has 0 aromatic heterocycles. The zero-order valence-corrected chi connectivity index (χ0v) is 11.9. The van der Waals surface area contributed by atoms with Crippen molar-refractivity contribution in [3.05, 3.63) is 60.2 Å². The van der Waals surface area contributed by atoms with Crippen molar-refractivity contribution in [2.45, 2.75) is 0 Å². The molecule has 6 nitrogen and oxygen atoms in total. The predicted octanol–water partition coefficient (Wildman–Crippen LogP) is 2.15. The summed E-state index contributed by atoms with van der Waals surface area (Å²) in [5.74, 6) is 1.50. The molecule has 2 rings (SSSR count). The number of ether oxygens (including phenoxy) is 2. The third-order valence-corrected chi connectivity index (χ3v) is 2.61. The molecule has 0 atom stereocenters. The number of nitrogens with one attached hydrogen (secondary N) is 1. The van der Waals surface area contributed by atoms with E-state index in [-0.39, 0.29) is 0 Å². The summed E-state index contributed by atoms with van der Waals surface area (Å²) in [5, 5.41) is 3.69. The largest absolute Gasteiger partial charge is 0.490 e. The van der Waals surface area contributed by atoms with Gasteiger partial charge in [0.05, 0.1) is 6.21 Å². The topological polar surface area (TPSA) is 85.9 Å². The number of para-hydroxylation sites is 1. The fourth-order valence-corrected chi connectivity index (χ4v) is 1.69. The summed E-state index contributed by atoms with van der Waals surface area (Å²) in [5.41, 5.74) is 7.83. The molecule has 2 amide bonds. The summed E-state index contributed by atoms with van der Waals surface area (Å²) in [4.78, 5) is 10.5. The van der Waals surface area contributed by atoms with Gasteiger partial charge in [0.15, 0.2) is 0 Å². The van der Waals surface area contributed by atoms with Gasteiger partial charge in [-0.1, -0.05) is 30.3 Å². The second kappa shape index (κ2) is 8.31. The number of carbonyl (C=O) groups excluding carboxylic acids is 1. The first-order chi connectivity index (χ1) is 10.7. The Morgan fingerprint density at radius 3 is 2.45 bits per heavy atom. The van der Waals surface area contributed by atoms with Gasteiger partial charge in [0.1, 0.15) is 24.7 Å². The number of primary amides is 1. The number of rotatable bonds is 7. The van der Waals surface area contributed by atoms with Crippen molar-refractivity contribution in [2.75, 3.05) is 13.2 Å². The van der Waals surface area contributed by atoms with Crippen molar-refractivity contribution in [1.82, 2.24) is 5.43 Å². The van der Waals surface area contributed by atoms with Crippen LogP contribution >= 0.6 is 0 Å². The van der Waals surface area contributed by atoms with Gasteiger partial charge in [-0.15, -0.1) is 0 Å². The number of nitrogens with two attached hydrogens (primary N) is 1. The van der Waals surface area contributed by atoms with Gasteiger partial charge >= 0.3 is 6.03 Å². The molecule has 0 aliphatic rings. The number of benzene rings is 2. The van der Waals surface area contributed by atoms with E-state index in [4.69, 9.17) is 15.2 Å². The van der Waals surface area contributed by atoms with Gasteiger partial charge in [-0.3, -0.25) is 0 Å². The van der Waals surface area contributed by atoms with Gasteiger partial charge in [-0.2, -0.15) is 5.10 Å². The van der Waals surface area contributed by atoms with E-state index in [1.165, 1.54) is 6.21 Å². The van der Waals surface area contributed by atoms with Crippen LogP contribution in [0, 0.1) is 0 Å². The van der Waals surface area contributed by atoms with Gasteiger partial charge in [0.25, 0.3) is 0 Å². The zero-order chi connectivity index (χ0) is 15.6. The lowest BCUT2D eigenvalue weighted by molar-refractivity contribution is 0.217. The zero-order valence-electron chi connectivity index (χ0n) is 11.9. The number of urea groups is 1. The van der Waals surface area contributed by atoms with E-state index in [9.17, 15) is 4.79 Å². The lowest BCUT2D eigenvalue weighted by Gasteiger charge is -2.08. The molecule has 0 aliphatic heterocycles. The van der Waals surface area contributed by atoms with Crippen molar-refractivity contribution in [2.24, 2.45) is 10.8 Å². The van der Waals surface area contributed by atoms with Crippen molar-refractivity contribution < 1.29 is 14.3 Å². The highest BCUT2D eigenvalue weighted by Gasteiger charge is 1.97. The normalized spacial score (nSPS) is 10.4. The molecule has 0 radical (unpaired) electrons. The van der Waals surface area contributed by atoms with Crippen molar-refractivity contribution in [3.8, 4) is 11.5 Å². The fourth-order valence-electron chi connectivity index (χ4n) is 1.69. The molecule has 0 fully saturated rings. The van der Waals surface area contributed by atoms with Crippen molar-refractivity contribution in [1.29, 1.82) is 0 Å². The first kappa shape index (κ1) is 15.4. The average molecular weight is 299 g/mol. The van der Waals surface area contributed by atoms with E-state index in [1.807, 2.05) is 48.5 Å². The van der Waals surface area contributed by atoms with Gasteiger partial charge < -0.3 is 15.2 Å². The summed E-state index contributed by atoms with van der Waals surface area (Å²) < 4.78 is 11.1. The summed E-state index contributed by atoms with van der Waals surface area (Å²) in [6.07, 6.45) is 1.48. The minimum absolute atomic E-state index is 0.426. The van der Waals surface area contributed by atoms with Crippen LogP contribution in [0.4, 0.5) is 4.79 Å². The number of hydrazone groups is 1. The maximum atomic E-state index is 10.5. The number of hydrogen-bond acceptors (Lipinski definition) is 4. The quantitative estimate of drug-likeness (QED) is 0.466. The molecule has 2 aromatic rings. The third-order valence-electron chi connectivity index (χ3n) is 2.61. The van der Waals surface area contributed by atoms with E-state index in [0.29, 0.717) is 19.0 Å². The smallest absolute Gasteiger partial charge is 0.332 e. The molecule has 22 heavy (non-hydrogen) atoms. The van der Waals surface area contributed by atoms with Crippen molar-refractivity contribution >= 4 is 12.2 Å². The van der Waals surface area contributed by atoms with Crippen LogP contribution < -0.4 is 20.6 Å². The SMILES string of the molecule is NC(=O)N/N=C/c1cccc(OCCOc2ccccc2)c1. The Bertz CT molecular complexity index is 630. The van der Waals surface area contributed by atoms with E-state index in [0.717, 1.165) is 11.3 Å². The molecule has 0 unspecified atom stereocenters. The van der Waals surface area contributed by atoms with E-state index in [2.05, 4.69) is 10.5 Å². The Balaban J connectivity index is 1.78. The molecular weight excluding hydrogens is 282 g/mol. The minimum Gasteiger partial charge on any atom is -0.490 e. The van der Waals surface area contributed by atoms with E-state index in [1.54, 1.807) is 6.07 Å². The van der Waals surface area contributed by atoms with Gasteiger partial charge in [-0.05, 0) is 29.8 Å². The number of nitrogens with zero attached hydrogens (tertiary/aromatic N) is 1. The molecule has 0 aliphatic carbocycles. The van der Waals surface area contributed by atoms with E-state index >= 15 is 0 Å².